The number of hydrogen-bond acceptors (Lipinski definition) is 3. The van der Waals surface area contributed by atoms with Gasteiger partial charge in [-0.25, -0.2) is 12.8 Å². The molecule has 0 unspecified atom stereocenters. The molecule has 0 fully saturated rings. The van der Waals surface area contributed by atoms with E-state index in [-0.39, 0.29) is 21.5 Å². The van der Waals surface area contributed by atoms with E-state index in [1.165, 1.54) is 12.1 Å². The number of anilines is 1. The number of halogens is 3. The fourth-order valence-electron chi connectivity index (χ4n) is 1.08. The number of benzene rings is 1. The third-order valence-corrected chi connectivity index (χ3v) is 3.72. The molecule has 2 N–H and O–H groups in total. The van der Waals surface area contributed by atoms with Gasteiger partial charge in [-0.1, -0.05) is 23.2 Å². The van der Waals surface area contributed by atoms with Gasteiger partial charge in [0.15, 0.2) is 5.82 Å². The SMILES string of the molecule is CNCCS(=O)(=O)Nc1cc(Cl)c(F)c(Cl)c1. The highest BCUT2D eigenvalue weighted by molar-refractivity contribution is 7.92. The summed E-state index contributed by atoms with van der Waals surface area (Å²) in [6.45, 7) is 0.304. The third kappa shape index (κ3) is 4.31. The minimum Gasteiger partial charge on any atom is -0.319 e. The van der Waals surface area contributed by atoms with Crippen LogP contribution in [0.5, 0.6) is 0 Å². The van der Waals surface area contributed by atoms with Crippen LogP contribution in [0.25, 0.3) is 0 Å². The molecule has 0 atom stereocenters. The van der Waals surface area contributed by atoms with E-state index in [2.05, 4.69) is 10.0 Å². The molecule has 0 saturated carbocycles. The highest BCUT2D eigenvalue weighted by atomic mass is 35.5. The molecule has 0 aliphatic carbocycles. The normalized spacial score (nSPS) is 11.5. The van der Waals surface area contributed by atoms with Gasteiger partial charge in [-0.2, -0.15) is 0 Å². The molecular weight excluding hydrogens is 290 g/mol. The molecule has 0 aliphatic rings. The summed E-state index contributed by atoms with van der Waals surface area (Å²) >= 11 is 11.1. The first kappa shape index (κ1) is 14.5. The Morgan fingerprint density at radius 2 is 1.82 bits per heavy atom. The van der Waals surface area contributed by atoms with Gasteiger partial charge in [0, 0.05) is 6.54 Å². The molecule has 0 aromatic heterocycles. The quantitative estimate of drug-likeness (QED) is 0.819. The number of sulfonamides is 1. The maximum Gasteiger partial charge on any atom is 0.233 e. The van der Waals surface area contributed by atoms with Gasteiger partial charge in [0.1, 0.15) is 0 Å². The van der Waals surface area contributed by atoms with E-state index >= 15 is 0 Å². The Bertz CT molecular complexity index is 485. The summed E-state index contributed by atoms with van der Waals surface area (Å²) in [5, 5.41) is 2.25. The van der Waals surface area contributed by atoms with Gasteiger partial charge < -0.3 is 5.32 Å². The lowest BCUT2D eigenvalue weighted by atomic mass is 10.3. The standard InChI is InChI=1S/C9H11Cl2FN2O2S/c1-13-2-3-17(15,16)14-6-4-7(10)9(12)8(11)5-6/h4-5,13-14H,2-3H2,1H3. The minimum absolute atomic E-state index is 0.101. The predicted molar refractivity (Wildman–Crippen MR) is 67.8 cm³/mol. The monoisotopic (exact) mass is 300 g/mol. The van der Waals surface area contributed by atoms with Gasteiger partial charge in [0.05, 0.1) is 21.5 Å². The molecule has 0 radical (unpaired) electrons. The molecule has 0 bridgehead atoms. The highest BCUT2D eigenvalue weighted by Gasteiger charge is 2.13. The van der Waals surface area contributed by atoms with E-state index in [1.807, 2.05) is 0 Å². The van der Waals surface area contributed by atoms with Crippen molar-refractivity contribution in [3.8, 4) is 0 Å². The van der Waals surface area contributed by atoms with Crippen LogP contribution in [0.1, 0.15) is 0 Å². The maximum absolute atomic E-state index is 13.1. The van der Waals surface area contributed by atoms with Crippen LogP contribution in [-0.4, -0.2) is 27.8 Å². The summed E-state index contributed by atoms with van der Waals surface area (Å²) in [4.78, 5) is 0. The Morgan fingerprint density at radius 3 is 2.29 bits per heavy atom. The van der Waals surface area contributed by atoms with E-state index in [0.29, 0.717) is 6.54 Å². The molecular formula is C9H11Cl2FN2O2S. The second-order valence-corrected chi connectivity index (χ2v) is 5.93. The van der Waals surface area contributed by atoms with E-state index in [9.17, 15) is 12.8 Å². The van der Waals surface area contributed by atoms with Gasteiger partial charge in [-0.3, -0.25) is 4.72 Å². The molecule has 8 heteroatoms. The summed E-state index contributed by atoms with van der Waals surface area (Å²) in [6.07, 6.45) is 0. The summed E-state index contributed by atoms with van der Waals surface area (Å²) in [5.74, 6) is -0.873. The van der Waals surface area contributed by atoms with Crippen molar-refractivity contribution in [2.24, 2.45) is 0 Å². The topological polar surface area (TPSA) is 58.2 Å². The second kappa shape index (κ2) is 5.86. The zero-order valence-electron chi connectivity index (χ0n) is 8.93. The Balaban J connectivity index is 2.89. The zero-order chi connectivity index (χ0) is 13.1. The van der Waals surface area contributed by atoms with Gasteiger partial charge in [-0.05, 0) is 19.2 Å². The number of rotatable bonds is 5. The first-order chi connectivity index (χ1) is 7.85. The number of hydrogen-bond donors (Lipinski definition) is 2. The van der Waals surface area contributed by atoms with Crippen LogP contribution in [-0.2, 0) is 10.0 Å². The summed E-state index contributed by atoms with van der Waals surface area (Å²) < 4.78 is 38.4. The second-order valence-electron chi connectivity index (χ2n) is 3.28. The van der Waals surface area contributed by atoms with Crippen LogP contribution >= 0.6 is 23.2 Å². The maximum atomic E-state index is 13.1. The van der Waals surface area contributed by atoms with Crippen molar-refractivity contribution < 1.29 is 12.8 Å². The third-order valence-electron chi connectivity index (χ3n) is 1.88. The van der Waals surface area contributed by atoms with Crippen molar-refractivity contribution >= 4 is 38.9 Å². The van der Waals surface area contributed by atoms with Gasteiger partial charge in [-0.15, -0.1) is 0 Å². The van der Waals surface area contributed by atoms with Gasteiger partial charge in [0.2, 0.25) is 10.0 Å². The van der Waals surface area contributed by atoms with Crippen molar-refractivity contribution in [1.29, 1.82) is 0 Å². The predicted octanol–water partition coefficient (Wildman–Crippen LogP) is 2.09. The van der Waals surface area contributed by atoms with Crippen LogP contribution in [0, 0.1) is 5.82 Å². The Hall–Kier alpha value is -0.560. The smallest absolute Gasteiger partial charge is 0.233 e. The van der Waals surface area contributed by atoms with Crippen molar-refractivity contribution in [1.82, 2.24) is 5.32 Å². The number of nitrogens with one attached hydrogen (secondary N) is 2. The highest BCUT2D eigenvalue weighted by Crippen LogP contribution is 2.27. The first-order valence-corrected chi connectivity index (χ1v) is 7.06. The Labute approximate surface area is 109 Å². The summed E-state index contributed by atoms with van der Waals surface area (Å²) in [7, 11) is -1.86. The molecule has 0 spiro atoms. The molecule has 0 heterocycles. The van der Waals surface area contributed by atoms with Crippen LogP contribution in [0.2, 0.25) is 10.0 Å². The molecule has 0 saturated heterocycles. The van der Waals surface area contributed by atoms with Crippen LogP contribution < -0.4 is 10.0 Å². The molecule has 0 amide bonds. The lowest BCUT2D eigenvalue weighted by molar-refractivity contribution is 0.598. The van der Waals surface area contributed by atoms with Crippen molar-refractivity contribution in [2.75, 3.05) is 24.1 Å². The van der Waals surface area contributed by atoms with E-state index in [4.69, 9.17) is 23.2 Å². The van der Waals surface area contributed by atoms with Gasteiger partial charge in [0.25, 0.3) is 0 Å². The van der Waals surface area contributed by atoms with E-state index in [1.54, 1.807) is 7.05 Å². The van der Waals surface area contributed by atoms with E-state index in [0.717, 1.165) is 0 Å². The van der Waals surface area contributed by atoms with Crippen LogP contribution in [0.15, 0.2) is 12.1 Å². The van der Waals surface area contributed by atoms with Crippen molar-refractivity contribution in [3.63, 3.8) is 0 Å². The van der Waals surface area contributed by atoms with Gasteiger partial charge >= 0.3 is 0 Å². The van der Waals surface area contributed by atoms with E-state index < -0.39 is 15.8 Å². The fraction of sp³-hybridized carbons (Fsp3) is 0.333. The first-order valence-electron chi connectivity index (χ1n) is 4.65. The molecule has 1 rings (SSSR count). The average molecular weight is 301 g/mol. The average Bonchev–Trinajstić information content (AvgIpc) is 2.22. The lowest BCUT2D eigenvalue weighted by Gasteiger charge is -2.09. The fourth-order valence-corrected chi connectivity index (χ4v) is 2.62. The Kier molecular flexibility index (Phi) is 5.00. The molecule has 4 nitrogen and oxygen atoms in total. The molecule has 0 aliphatic heterocycles. The summed E-state index contributed by atoms with van der Waals surface area (Å²) in [5.41, 5.74) is 0.137. The van der Waals surface area contributed by atoms with Crippen LogP contribution in [0.3, 0.4) is 0 Å². The molecule has 17 heavy (non-hydrogen) atoms. The van der Waals surface area contributed by atoms with Crippen LogP contribution in [0.4, 0.5) is 10.1 Å². The minimum atomic E-state index is -3.50. The summed E-state index contributed by atoms with van der Waals surface area (Å²) in [6, 6.07) is 2.33. The largest absolute Gasteiger partial charge is 0.319 e. The Morgan fingerprint density at radius 1 is 1.29 bits per heavy atom. The molecule has 96 valence electrons. The van der Waals surface area contributed by atoms with Crippen molar-refractivity contribution in [2.45, 2.75) is 0 Å². The molecule has 1 aromatic carbocycles. The lowest BCUT2D eigenvalue weighted by Crippen LogP contribution is -2.24. The van der Waals surface area contributed by atoms with Crippen molar-refractivity contribution in [3.05, 3.63) is 28.0 Å². The molecule has 1 aromatic rings. The zero-order valence-corrected chi connectivity index (χ0v) is 11.3.